The Morgan fingerprint density at radius 3 is 2.88 bits per heavy atom. The first-order valence-corrected chi connectivity index (χ1v) is 2.24. The summed E-state index contributed by atoms with van der Waals surface area (Å²) in [5.41, 5.74) is 0. The van der Waals surface area contributed by atoms with E-state index < -0.39 is 6.29 Å². The van der Waals surface area contributed by atoms with Crippen LogP contribution in [0.2, 0.25) is 0 Å². The summed E-state index contributed by atoms with van der Waals surface area (Å²) in [6.07, 6.45) is 0.293. The second-order valence-electron chi connectivity index (χ2n) is 1.21. The molecule has 48 valence electrons. The molecule has 0 aliphatic rings. The normalized spacial score (nSPS) is 12.8. The van der Waals surface area contributed by atoms with E-state index in [2.05, 4.69) is 16.1 Å². The van der Waals surface area contributed by atoms with Gasteiger partial charge in [0, 0.05) is 7.11 Å². The number of ether oxygens (including phenoxy) is 2. The third kappa shape index (κ3) is 3.64. The maximum Gasteiger partial charge on any atom is 0.220 e. The molecule has 0 heterocycles. The molecule has 0 aromatic rings. The van der Waals surface area contributed by atoms with Gasteiger partial charge >= 0.3 is 0 Å². The van der Waals surface area contributed by atoms with Crippen molar-refractivity contribution in [1.82, 2.24) is 0 Å². The monoisotopic (exact) mass is 118 g/mol. The lowest BCUT2D eigenvalue weighted by atomic mass is 10.7. The Morgan fingerprint density at radius 2 is 2.50 bits per heavy atom. The zero-order valence-corrected chi connectivity index (χ0v) is 4.83. The molecule has 0 aromatic heterocycles. The average molecular weight is 118 g/mol. The van der Waals surface area contributed by atoms with Crippen molar-refractivity contribution in [1.29, 1.82) is 0 Å². The van der Waals surface area contributed by atoms with Crippen LogP contribution >= 0.6 is 0 Å². The minimum Gasteiger partial charge on any atom is -0.471 e. The van der Waals surface area contributed by atoms with Gasteiger partial charge in [0.15, 0.2) is 0 Å². The van der Waals surface area contributed by atoms with Crippen molar-refractivity contribution in [2.24, 2.45) is 0 Å². The van der Waals surface area contributed by atoms with Crippen molar-refractivity contribution in [2.75, 3.05) is 13.7 Å². The van der Waals surface area contributed by atoms with Gasteiger partial charge < -0.3 is 14.6 Å². The van der Waals surface area contributed by atoms with Gasteiger partial charge in [-0.15, -0.1) is 0 Å². The van der Waals surface area contributed by atoms with Crippen molar-refractivity contribution < 1.29 is 14.6 Å². The molecule has 0 amide bonds. The van der Waals surface area contributed by atoms with E-state index in [1.165, 1.54) is 13.4 Å². The summed E-state index contributed by atoms with van der Waals surface area (Å²) >= 11 is 0. The van der Waals surface area contributed by atoms with E-state index in [0.29, 0.717) is 0 Å². The van der Waals surface area contributed by atoms with E-state index in [1.54, 1.807) is 0 Å². The van der Waals surface area contributed by atoms with Gasteiger partial charge in [0.25, 0.3) is 0 Å². The van der Waals surface area contributed by atoms with Crippen LogP contribution in [-0.4, -0.2) is 25.1 Å². The Morgan fingerprint density at radius 1 is 1.88 bits per heavy atom. The highest BCUT2D eigenvalue weighted by atomic mass is 16.6. The Bertz CT molecular complexity index is 62.7. The van der Waals surface area contributed by atoms with Crippen molar-refractivity contribution in [3.8, 4) is 0 Å². The molecule has 3 nitrogen and oxygen atoms in total. The summed E-state index contributed by atoms with van der Waals surface area (Å²) in [5.74, 6) is 0. The molecule has 0 fully saturated rings. The molecule has 0 radical (unpaired) electrons. The second kappa shape index (κ2) is 4.61. The van der Waals surface area contributed by atoms with Gasteiger partial charge in [-0.1, -0.05) is 6.58 Å². The molecule has 0 spiro atoms. The minimum absolute atomic E-state index is 0.173. The Balaban J connectivity index is 3.03. The first-order chi connectivity index (χ1) is 3.81. The molecule has 0 aliphatic heterocycles. The van der Waals surface area contributed by atoms with Gasteiger partial charge in [-0.2, -0.15) is 0 Å². The fraction of sp³-hybridized carbons (Fsp3) is 0.600. The van der Waals surface area contributed by atoms with Crippen LogP contribution in [-0.2, 0) is 9.47 Å². The van der Waals surface area contributed by atoms with Gasteiger partial charge in [-0.3, -0.25) is 0 Å². The molecule has 0 saturated heterocycles. The highest BCUT2D eigenvalue weighted by Crippen LogP contribution is 1.85. The zero-order valence-electron chi connectivity index (χ0n) is 4.83. The molecule has 8 heavy (non-hydrogen) atoms. The first-order valence-electron chi connectivity index (χ1n) is 2.24. The molecular weight excluding hydrogens is 108 g/mol. The summed E-state index contributed by atoms with van der Waals surface area (Å²) < 4.78 is 9.01. The molecule has 3 heteroatoms. The van der Waals surface area contributed by atoms with Crippen molar-refractivity contribution in [3.63, 3.8) is 0 Å². The maximum absolute atomic E-state index is 8.63. The summed E-state index contributed by atoms with van der Waals surface area (Å²) in [6.45, 7) is 3.42. The van der Waals surface area contributed by atoms with Crippen LogP contribution in [0.25, 0.3) is 0 Å². The van der Waals surface area contributed by atoms with Gasteiger partial charge in [-0.25, -0.2) is 0 Å². The van der Waals surface area contributed by atoms with Crippen LogP contribution in [0.5, 0.6) is 0 Å². The second-order valence-corrected chi connectivity index (χ2v) is 1.21. The molecule has 0 saturated carbocycles. The van der Waals surface area contributed by atoms with Gasteiger partial charge in [0.2, 0.25) is 6.29 Å². The smallest absolute Gasteiger partial charge is 0.220 e. The van der Waals surface area contributed by atoms with Crippen molar-refractivity contribution in [3.05, 3.63) is 12.8 Å². The maximum atomic E-state index is 8.63. The first kappa shape index (κ1) is 7.46. The fourth-order valence-electron chi connectivity index (χ4n) is 0.293. The van der Waals surface area contributed by atoms with Crippen LogP contribution < -0.4 is 0 Å². The highest BCUT2D eigenvalue weighted by molar-refractivity contribution is 4.50. The van der Waals surface area contributed by atoms with E-state index in [1.807, 2.05) is 0 Å². The predicted molar refractivity (Wildman–Crippen MR) is 29.2 cm³/mol. The van der Waals surface area contributed by atoms with Gasteiger partial charge in [0.05, 0.1) is 6.26 Å². The lowest BCUT2D eigenvalue weighted by Gasteiger charge is -2.06. The van der Waals surface area contributed by atoms with Crippen molar-refractivity contribution >= 4 is 0 Å². The molecule has 1 unspecified atom stereocenters. The zero-order chi connectivity index (χ0) is 6.41. The highest BCUT2D eigenvalue weighted by Gasteiger charge is 1.97. The third-order valence-corrected chi connectivity index (χ3v) is 0.563. The average Bonchev–Trinajstić information content (AvgIpc) is 1.68. The van der Waals surface area contributed by atoms with E-state index in [4.69, 9.17) is 5.11 Å². The number of aliphatic hydroxyl groups is 1. The molecular formula is C5H10O3. The minimum atomic E-state index is -0.877. The number of hydrogen-bond acceptors (Lipinski definition) is 3. The lowest BCUT2D eigenvalue weighted by Crippen LogP contribution is -2.14. The Labute approximate surface area is 48.5 Å². The standard InChI is InChI=1S/C5H10O3/c1-3-8-5(6)4-7-2/h3,5-6H,1,4H2,2H3. The van der Waals surface area contributed by atoms with Crippen LogP contribution in [0.4, 0.5) is 0 Å². The summed E-state index contributed by atoms with van der Waals surface area (Å²) in [7, 11) is 1.48. The molecule has 0 rings (SSSR count). The number of hydrogen-bond donors (Lipinski definition) is 1. The SMILES string of the molecule is C=COC(O)COC. The van der Waals surface area contributed by atoms with Crippen molar-refractivity contribution in [2.45, 2.75) is 6.29 Å². The summed E-state index contributed by atoms with van der Waals surface area (Å²) in [5, 5.41) is 8.63. The fourth-order valence-corrected chi connectivity index (χ4v) is 0.293. The number of aliphatic hydroxyl groups excluding tert-OH is 1. The van der Waals surface area contributed by atoms with E-state index >= 15 is 0 Å². The summed E-state index contributed by atoms with van der Waals surface area (Å²) in [4.78, 5) is 0. The largest absolute Gasteiger partial charge is 0.471 e. The van der Waals surface area contributed by atoms with Gasteiger partial charge in [-0.05, 0) is 0 Å². The van der Waals surface area contributed by atoms with Gasteiger partial charge in [0.1, 0.15) is 6.61 Å². The summed E-state index contributed by atoms with van der Waals surface area (Å²) in [6, 6.07) is 0. The van der Waals surface area contributed by atoms with Crippen LogP contribution in [0.3, 0.4) is 0 Å². The molecule has 0 aliphatic carbocycles. The Kier molecular flexibility index (Phi) is 4.30. The third-order valence-electron chi connectivity index (χ3n) is 0.563. The van der Waals surface area contributed by atoms with Crippen LogP contribution in [0.1, 0.15) is 0 Å². The Hall–Kier alpha value is -0.540. The van der Waals surface area contributed by atoms with Crippen LogP contribution in [0.15, 0.2) is 12.8 Å². The molecule has 0 bridgehead atoms. The van der Waals surface area contributed by atoms with E-state index in [-0.39, 0.29) is 6.61 Å². The number of methoxy groups -OCH3 is 1. The predicted octanol–water partition coefficient (Wildman–Crippen LogP) is 0.111. The number of rotatable bonds is 4. The molecule has 1 N–H and O–H groups in total. The lowest BCUT2D eigenvalue weighted by molar-refractivity contribution is -0.0925. The van der Waals surface area contributed by atoms with Crippen LogP contribution in [0, 0.1) is 0 Å². The molecule has 0 aromatic carbocycles. The van der Waals surface area contributed by atoms with E-state index in [9.17, 15) is 0 Å². The van der Waals surface area contributed by atoms with E-state index in [0.717, 1.165) is 0 Å². The quantitative estimate of drug-likeness (QED) is 0.420. The topological polar surface area (TPSA) is 38.7 Å². The molecule has 1 atom stereocenters.